The highest BCUT2D eigenvalue weighted by molar-refractivity contribution is 7.91. The second-order valence-electron chi connectivity index (χ2n) is 6.28. The van der Waals surface area contributed by atoms with E-state index in [1.165, 1.54) is 4.90 Å². The first-order chi connectivity index (χ1) is 9.85. The van der Waals surface area contributed by atoms with Crippen molar-refractivity contribution < 1.29 is 23.1 Å². The third-order valence-electron chi connectivity index (χ3n) is 4.82. The van der Waals surface area contributed by atoms with Crippen molar-refractivity contribution in [3.05, 3.63) is 12.2 Å². The predicted molar refractivity (Wildman–Crippen MR) is 75.3 cm³/mol. The lowest BCUT2D eigenvalue weighted by Gasteiger charge is -2.37. The van der Waals surface area contributed by atoms with Crippen LogP contribution in [0.5, 0.6) is 0 Å². The van der Waals surface area contributed by atoms with Gasteiger partial charge in [0.15, 0.2) is 9.84 Å². The molecule has 0 aromatic rings. The number of hydrogen-bond acceptors (Lipinski definition) is 4. The number of carboxylic acid groups (broad SMARTS) is 1. The molecule has 4 atom stereocenters. The Kier molecular flexibility index (Phi) is 3.55. The van der Waals surface area contributed by atoms with E-state index in [1.807, 2.05) is 0 Å². The van der Waals surface area contributed by atoms with E-state index in [0.717, 1.165) is 12.8 Å². The molecule has 0 radical (unpaired) electrons. The van der Waals surface area contributed by atoms with Crippen LogP contribution in [0.25, 0.3) is 0 Å². The number of sulfone groups is 1. The molecule has 1 saturated heterocycles. The number of allylic oxidation sites excluding steroid dienone is 2. The molecule has 1 heterocycles. The highest BCUT2D eigenvalue weighted by Crippen LogP contribution is 2.44. The first kappa shape index (κ1) is 14.6. The molecule has 4 unspecified atom stereocenters. The molecular weight excluding hydrogens is 294 g/mol. The molecule has 0 aromatic heterocycles. The third kappa shape index (κ3) is 2.84. The van der Waals surface area contributed by atoms with Gasteiger partial charge in [0.1, 0.15) is 0 Å². The average Bonchev–Trinajstić information content (AvgIpc) is 2.98. The summed E-state index contributed by atoms with van der Waals surface area (Å²) in [6, 6.07) is -0.725. The van der Waals surface area contributed by atoms with Gasteiger partial charge < -0.3 is 10.0 Å². The van der Waals surface area contributed by atoms with Crippen molar-refractivity contribution in [2.75, 3.05) is 18.1 Å². The molecule has 0 spiro atoms. The van der Waals surface area contributed by atoms with Crippen molar-refractivity contribution >= 4 is 21.7 Å². The van der Waals surface area contributed by atoms with Crippen LogP contribution >= 0.6 is 0 Å². The standard InChI is InChI=1S/C14H19NO5S/c16-13(17)7-11-8-21(19,20)4-3-15(11)14(18)12-6-9-1-2-10(12)5-9/h1-2,9-12H,3-8H2,(H,16,17). The molecule has 21 heavy (non-hydrogen) atoms. The van der Waals surface area contributed by atoms with Gasteiger partial charge in [0.2, 0.25) is 5.91 Å². The Labute approximate surface area is 123 Å². The smallest absolute Gasteiger partial charge is 0.305 e. The van der Waals surface area contributed by atoms with Crippen molar-refractivity contribution in [2.45, 2.75) is 25.3 Å². The highest BCUT2D eigenvalue weighted by atomic mass is 32.2. The third-order valence-corrected chi connectivity index (χ3v) is 6.52. The minimum Gasteiger partial charge on any atom is -0.481 e. The van der Waals surface area contributed by atoms with Crippen LogP contribution < -0.4 is 0 Å². The summed E-state index contributed by atoms with van der Waals surface area (Å²) in [5, 5.41) is 8.96. The van der Waals surface area contributed by atoms with Gasteiger partial charge in [0, 0.05) is 12.5 Å². The summed E-state index contributed by atoms with van der Waals surface area (Å²) >= 11 is 0. The van der Waals surface area contributed by atoms with Gasteiger partial charge in [-0.15, -0.1) is 0 Å². The Hall–Kier alpha value is -1.37. The summed E-state index contributed by atoms with van der Waals surface area (Å²) in [6.07, 6.45) is 5.71. The lowest BCUT2D eigenvalue weighted by atomic mass is 9.91. The van der Waals surface area contributed by atoms with Gasteiger partial charge in [-0.2, -0.15) is 0 Å². The van der Waals surface area contributed by atoms with Crippen molar-refractivity contribution in [2.24, 2.45) is 17.8 Å². The fourth-order valence-electron chi connectivity index (χ4n) is 3.82. The summed E-state index contributed by atoms with van der Waals surface area (Å²) in [4.78, 5) is 25.2. The number of fused-ring (bicyclic) bond motifs is 2. The van der Waals surface area contributed by atoms with Crippen LogP contribution in [0.15, 0.2) is 12.2 Å². The van der Waals surface area contributed by atoms with Gasteiger partial charge in [-0.3, -0.25) is 9.59 Å². The number of carbonyl (C=O) groups is 2. The normalized spacial score (nSPS) is 36.9. The maximum absolute atomic E-state index is 12.7. The van der Waals surface area contributed by atoms with Crippen LogP contribution in [0.2, 0.25) is 0 Å². The van der Waals surface area contributed by atoms with E-state index in [9.17, 15) is 18.0 Å². The van der Waals surface area contributed by atoms with Crippen molar-refractivity contribution in [3.63, 3.8) is 0 Å². The largest absolute Gasteiger partial charge is 0.481 e. The summed E-state index contributed by atoms with van der Waals surface area (Å²) in [6.45, 7) is 0.122. The number of aliphatic carboxylic acids is 1. The molecule has 116 valence electrons. The van der Waals surface area contributed by atoms with Crippen LogP contribution in [-0.2, 0) is 19.4 Å². The molecule has 1 aliphatic heterocycles. The van der Waals surface area contributed by atoms with Gasteiger partial charge in [0.25, 0.3) is 0 Å². The first-order valence-electron chi connectivity index (χ1n) is 7.27. The van der Waals surface area contributed by atoms with Crippen molar-refractivity contribution in [1.82, 2.24) is 4.90 Å². The number of carbonyl (C=O) groups excluding carboxylic acids is 1. The monoisotopic (exact) mass is 313 g/mol. The zero-order chi connectivity index (χ0) is 15.2. The molecule has 2 fully saturated rings. The molecule has 1 saturated carbocycles. The second kappa shape index (κ2) is 5.12. The van der Waals surface area contributed by atoms with Crippen LogP contribution in [0.1, 0.15) is 19.3 Å². The molecule has 6 nitrogen and oxygen atoms in total. The number of rotatable bonds is 3. The number of carboxylic acids is 1. The van der Waals surface area contributed by atoms with Gasteiger partial charge in [0.05, 0.1) is 24.0 Å². The number of hydrogen-bond donors (Lipinski definition) is 1. The molecule has 3 rings (SSSR count). The molecule has 3 aliphatic rings. The van der Waals surface area contributed by atoms with Crippen LogP contribution in [0.4, 0.5) is 0 Å². The average molecular weight is 313 g/mol. The van der Waals surface area contributed by atoms with E-state index >= 15 is 0 Å². The minimum atomic E-state index is -3.25. The van der Waals surface area contributed by atoms with Crippen LogP contribution in [0.3, 0.4) is 0 Å². The summed E-state index contributed by atoms with van der Waals surface area (Å²) in [5.41, 5.74) is 0. The van der Waals surface area contributed by atoms with E-state index in [0.29, 0.717) is 5.92 Å². The maximum Gasteiger partial charge on any atom is 0.305 e. The molecular formula is C14H19NO5S. The minimum absolute atomic E-state index is 0.0620. The molecule has 0 aromatic carbocycles. The second-order valence-corrected chi connectivity index (χ2v) is 8.51. The van der Waals surface area contributed by atoms with Gasteiger partial charge in [-0.05, 0) is 24.7 Å². The Morgan fingerprint density at radius 1 is 1.24 bits per heavy atom. The predicted octanol–water partition coefficient (Wildman–Crippen LogP) is 0.299. The molecule has 1 amide bonds. The van der Waals surface area contributed by atoms with Gasteiger partial charge in [-0.1, -0.05) is 12.2 Å². The van der Waals surface area contributed by atoms with E-state index in [2.05, 4.69) is 12.2 Å². The quantitative estimate of drug-likeness (QED) is 0.757. The molecule has 7 heteroatoms. The van der Waals surface area contributed by atoms with E-state index in [1.54, 1.807) is 0 Å². The molecule has 1 N–H and O–H groups in total. The van der Waals surface area contributed by atoms with Crippen LogP contribution in [-0.4, -0.2) is 54.4 Å². The highest BCUT2D eigenvalue weighted by Gasteiger charge is 2.44. The fraction of sp³-hybridized carbons (Fsp3) is 0.714. The summed E-state index contributed by atoms with van der Waals surface area (Å²) < 4.78 is 23.4. The Bertz CT molecular complexity index is 596. The molecule has 2 aliphatic carbocycles. The van der Waals surface area contributed by atoms with E-state index in [4.69, 9.17) is 5.11 Å². The Balaban J connectivity index is 1.77. The lowest BCUT2D eigenvalue weighted by Crippen LogP contribution is -2.54. The van der Waals surface area contributed by atoms with E-state index in [-0.39, 0.29) is 42.2 Å². The SMILES string of the molecule is O=C(O)CC1CS(=O)(=O)CCN1C(=O)C1CC2C=CC1C2. The van der Waals surface area contributed by atoms with E-state index < -0.39 is 21.8 Å². The first-order valence-corrected chi connectivity index (χ1v) is 9.09. The van der Waals surface area contributed by atoms with Crippen molar-refractivity contribution in [3.8, 4) is 0 Å². The Morgan fingerprint density at radius 2 is 2.00 bits per heavy atom. The van der Waals surface area contributed by atoms with Crippen LogP contribution in [0, 0.1) is 17.8 Å². The maximum atomic E-state index is 12.7. The van der Waals surface area contributed by atoms with Gasteiger partial charge in [-0.25, -0.2) is 8.42 Å². The fourth-order valence-corrected chi connectivity index (χ4v) is 5.35. The number of nitrogens with zero attached hydrogens (tertiary/aromatic N) is 1. The summed E-state index contributed by atoms with van der Waals surface area (Å²) in [5.74, 6) is -0.831. The molecule has 2 bridgehead atoms. The van der Waals surface area contributed by atoms with Gasteiger partial charge >= 0.3 is 5.97 Å². The summed E-state index contributed by atoms with van der Waals surface area (Å²) in [7, 11) is -3.25. The zero-order valence-corrected chi connectivity index (χ0v) is 12.5. The Morgan fingerprint density at radius 3 is 2.57 bits per heavy atom. The van der Waals surface area contributed by atoms with Crippen molar-refractivity contribution in [1.29, 1.82) is 0 Å². The lowest BCUT2D eigenvalue weighted by molar-refractivity contribution is -0.142. The topological polar surface area (TPSA) is 91.8 Å². The zero-order valence-electron chi connectivity index (χ0n) is 11.6. The number of amides is 1.